The van der Waals surface area contributed by atoms with Gasteiger partial charge in [-0.2, -0.15) is 0 Å². The van der Waals surface area contributed by atoms with Crippen LogP contribution in [-0.4, -0.2) is 58.6 Å². The van der Waals surface area contributed by atoms with Gasteiger partial charge in [0.1, 0.15) is 0 Å². The number of rotatable bonds is 5. The van der Waals surface area contributed by atoms with E-state index < -0.39 is 5.97 Å². The van der Waals surface area contributed by atoms with Crippen molar-refractivity contribution in [2.45, 2.75) is 64.1 Å². The summed E-state index contributed by atoms with van der Waals surface area (Å²) in [7, 11) is 0. The van der Waals surface area contributed by atoms with E-state index in [-0.39, 0.29) is 6.54 Å². The summed E-state index contributed by atoms with van der Waals surface area (Å²) >= 11 is 0. The summed E-state index contributed by atoms with van der Waals surface area (Å²) in [5.74, 6) is -0.676. The first-order chi connectivity index (χ1) is 8.58. The minimum atomic E-state index is -0.676. The zero-order chi connectivity index (χ0) is 13.1. The predicted octanol–water partition coefficient (Wildman–Crippen LogP) is 1.80. The highest BCUT2D eigenvalue weighted by molar-refractivity contribution is 5.69. The Morgan fingerprint density at radius 3 is 2.44 bits per heavy atom. The van der Waals surface area contributed by atoms with Crippen molar-refractivity contribution in [1.29, 1.82) is 0 Å². The molecule has 0 spiro atoms. The van der Waals surface area contributed by atoms with Gasteiger partial charge < -0.3 is 5.11 Å². The van der Waals surface area contributed by atoms with Crippen molar-refractivity contribution in [3.63, 3.8) is 0 Å². The standard InChI is InChI=1S/C14H26N2O2/c1-11(2)15-8-7-13(9-15)16(10-14(17)18)12-5-3-4-6-12/h11-13H,3-10H2,1-2H3,(H,17,18). The molecule has 0 amide bonds. The van der Waals surface area contributed by atoms with Crippen molar-refractivity contribution >= 4 is 5.97 Å². The van der Waals surface area contributed by atoms with Gasteiger partial charge in [0.15, 0.2) is 0 Å². The van der Waals surface area contributed by atoms with E-state index in [1.165, 1.54) is 25.7 Å². The molecule has 4 heteroatoms. The Labute approximate surface area is 110 Å². The number of carbonyl (C=O) groups is 1. The molecule has 0 radical (unpaired) electrons. The number of hydrogen-bond donors (Lipinski definition) is 1. The molecular formula is C14H26N2O2. The van der Waals surface area contributed by atoms with Crippen LogP contribution in [0, 0.1) is 0 Å². The number of aliphatic carboxylic acids is 1. The van der Waals surface area contributed by atoms with E-state index in [1.807, 2.05) is 0 Å². The summed E-state index contributed by atoms with van der Waals surface area (Å²) in [6, 6.07) is 1.54. The molecule has 0 aromatic carbocycles. The molecule has 4 nitrogen and oxygen atoms in total. The molecule has 0 aromatic rings. The van der Waals surface area contributed by atoms with Gasteiger partial charge in [-0.25, -0.2) is 0 Å². The Balaban J connectivity index is 1.98. The van der Waals surface area contributed by atoms with Gasteiger partial charge in [-0.15, -0.1) is 0 Å². The summed E-state index contributed by atoms with van der Waals surface area (Å²) in [5, 5.41) is 9.12. The van der Waals surface area contributed by atoms with Crippen molar-refractivity contribution in [2.75, 3.05) is 19.6 Å². The summed E-state index contributed by atoms with van der Waals surface area (Å²) in [6.07, 6.45) is 6.03. The van der Waals surface area contributed by atoms with Crippen molar-refractivity contribution in [3.8, 4) is 0 Å². The largest absolute Gasteiger partial charge is 0.480 e. The Hall–Kier alpha value is -0.610. The number of nitrogens with zero attached hydrogens (tertiary/aromatic N) is 2. The quantitative estimate of drug-likeness (QED) is 0.812. The number of likely N-dealkylation sites (tertiary alicyclic amines) is 1. The van der Waals surface area contributed by atoms with Gasteiger partial charge in [0, 0.05) is 31.2 Å². The third kappa shape index (κ3) is 3.23. The van der Waals surface area contributed by atoms with Gasteiger partial charge in [-0.1, -0.05) is 12.8 Å². The highest BCUT2D eigenvalue weighted by atomic mass is 16.4. The molecule has 104 valence electrons. The minimum Gasteiger partial charge on any atom is -0.480 e. The minimum absolute atomic E-state index is 0.223. The first-order valence-electron chi connectivity index (χ1n) is 7.29. The molecule has 18 heavy (non-hydrogen) atoms. The molecule has 1 heterocycles. The summed E-state index contributed by atoms with van der Waals surface area (Å²) in [5.41, 5.74) is 0. The molecule has 2 fully saturated rings. The van der Waals surface area contributed by atoms with Gasteiger partial charge >= 0.3 is 5.97 Å². The van der Waals surface area contributed by atoms with Crippen molar-refractivity contribution in [3.05, 3.63) is 0 Å². The second-order valence-electron chi connectivity index (χ2n) is 6.04. The Bertz CT molecular complexity index is 288. The van der Waals surface area contributed by atoms with Crippen LogP contribution >= 0.6 is 0 Å². The van der Waals surface area contributed by atoms with E-state index in [2.05, 4.69) is 23.6 Å². The van der Waals surface area contributed by atoms with E-state index in [0.29, 0.717) is 18.1 Å². The first kappa shape index (κ1) is 13.8. The summed E-state index contributed by atoms with van der Waals surface area (Å²) < 4.78 is 0. The first-order valence-corrected chi connectivity index (χ1v) is 7.29. The SMILES string of the molecule is CC(C)N1CCC(N(CC(=O)O)C2CCCC2)C1. The Kier molecular flexibility index (Phi) is 4.62. The lowest BCUT2D eigenvalue weighted by molar-refractivity contribution is -0.139. The monoisotopic (exact) mass is 254 g/mol. The molecular weight excluding hydrogens is 228 g/mol. The fourth-order valence-electron chi connectivity index (χ4n) is 3.46. The Morgan fingerprint density at radius 1 is 1.28 bits per heavy atom. The lowest BCUT2D eigenvalue weighted by Gasteiger charge is -2.33. The van der Waals surface area contributed by atoms with Gasteiger partial charge in [0.25, 0.3) is 0 Å². The van der Waals surface area contributed by atoms with E-state index in [0.717, 1.165) is 19.5 Å². The average molecular weight is 254 g/mol. The van der Waals surface area contributed by atoms with E-state index in [1.54, 1.807) is 0 Å². The van der Waals surface area contributed by atoms with Gasteiger partial charge in [0.05, 0.1) is 6.54 Å². The molecule has 1 aliphatic heterocycles. The number of hydrogen-bond acceptors (Lipinski definition) is 3. The molecule has 2 rings (SSSR count). The number of carboxylic acid groups (broad SMARTS) is 1. The van der Waals surface area contributed by atoms with Crippen LogP contribution in [0.25, 0.3) is 0 Å². The molecule has 1 unspecified atom stereocenters. The molecule has 1 atom stereocenters. The van der Waals surface area contributed by atoms with Crippen LogP contribution in [0.2, 0.25) is 0 Å². The summed E-state index contributed by atoms with van der Waals surface area (Å²) in [6.45, 7) is 6.83. The second-order valence-corrected chi connectivity index (χ2v) is 6.04. The van der Waals surface area contributed by atoms with Crippen molar-refractivity contribution in [1.82, 2.24) is 9.80 Å². The zero-order valence-corrected chi connectivity index (χ0v) is 11.6. The normalized spacial score (nSPS) is 26.6. The maximum atomic E-state index is 11.1. The topological polar surface area (TPSA) is 43.8 Å². The molecule has 0 bridgehead atoms. The van der Waals surface area contributed by atoms with Crippen LogP contribution in [0.5, 0.6) is 0 Å². The van der Waals surface area contributed by atoms with E-state index in [4.69, 9.17) is 5.11 Å². The maximum absolute atomic E-state index is 11.1. The Morgan fingerprint density at radius 2 is 1.94 bits per heavy atom. The molecule has 2 aliphatic rings. The van der Waals surface area contributed by atoms with Crippen LogP contribution in [-0.2, 0) is 4.79 Å². The molecule has 1 aliphatic carbocycles. The predicted molar refractivity (Wildman–Crippen MR) is 71.7 cm³/mol. The zero-order valence-electron chi connectivity index (χ0n) is 11.6. The lowest BCUT2D eigenvalue weighted by atomic mass is 10.1. The third-order valence-electron chi connectivity index (χ3n) is 4.51. The van der Waals surface area contributed by atoms with Gasteiger partial charge in [-0.05, 0) is 33.1 Å². The smallest absolute Gasteiger partial charge is 0.317 e. The van der Waals surface area contributed by atoms with Crippen molar-refractivity contribution < 1.29 is 9.90 Å². The highest BCUT2D eigenvalue weighted by Gasteiger charge is 2.34. The van der Waals surface area contributed by atoms with Gasteiger partial charge in [-0.3, -0.25) is 14.6 Å². The molecule has 1 N–H and O–H groups in total. The van der Waals surface area contributed by atoms with E-state index in [9.17, 15) is 4.79 Å². The van der Waals surface area contributed by atoms with Crippen LogP contribution in [0.1, 0.15) is 46.0 Å². The highest BCUT2D eigenvalue weighted by Crippen LogP contribution is 2.28. The van der Waals surface area contributed by atoms with Crippen LogP contribution in [0.4, 0.5) is 0 Å². The maximum Gasteiger partial charge on any atom is 0.317 e. The fraction of sp³-hybridized carbons (Fsp3) is 0.929. The van der Waals surface area contributed by atoms with Crippen LogP contribution in [0.15, 0.2) is 0 Å². The molecule has 1 saturated heterocycles. The van der Waals surface area contributed by atoms with Crippen molar-refractivity contribution in [2.24, 2.45) is 0 Å². The van der Waals surface area contributed by atoms with Crippen LogP contribution < -0.4 is 0 Å². The molecule has 0 aromatic heterocycles. The van der Waals surface area contributed by atoms with Crippen LogP contribution in [0.3, 0.4) is 0 Å². The van der Waals surface area contributed by atoms with E-state index >= 15 is 0 Å². The second kappa shape index (κ2) is 6.02. The lowest BCUT2D eigenvalue weighted by Crippen LogP contribution is -2.46. The number of carboxylic acids is 1. The molecule has 1 saturated carbocycles. The fourth-order valence-corrected chi connectivity index (χ4v) is 3.46. The van der Waals surface area contributed by atoms with Gasteiger partial charge in [0.2, 0.25) is 0 Å². The third-order valence-corrected chi connectivity index (χ3v) is 4.51. The summed E-state index contributed by atoms with van der Waals surface area (Å²) in [4.78, 5) is 15.8. The average Bonchev–Trinajstić information content (AvgIpc) is 2.97.